The highest BCUT2D eigenvalue weighted by atomic mass is 32.2. The lowest BCUT2D eigenvalue weighted by Crippen LogP contribution is -2.41. The van der Waals surface area contributed by atoms with Crippen LogP contribution < -0.4 is 0 Å². The van der Waals surface area contributed by atoms with Gasteiger partial charge in [-0.25, -0.2) is 9.18 Å². The molecule has 2 aliphatic heterocycles. The van der Waals surface area contributed by atoms with Crippen LogP contribution in [0.25, 0.3) is 0 Å². The van der Waals surface area contributed by atoms with Crippen LogP contribution in [0.4, 0.5) is 4.39 Å². The highest BCUT2D eigenvalue weighted by molar-refractivity contribution is 8.00. The molecule has 2 aliphatic rings. The molecule has 0 amide bonds. The summed E-state index contributed by atoms with van der Waals surface area (Å²) in [6.45, 7) is 2.05. The van der Waals surface area contributed by atoms with E-state index in [9.17, 15) is 9.18 Å². The maximum atomic E-state index is 13.4. The van der Waals surface area contributed by atoms with Crippen molar-refractivity contribution in [3.05, 3.63) is 29.6 Å². The molecule has 0 radical (unpaired) electrons. The number of benzene rings is 1. The molecule has 2 unspecified atom stereocenters. The van der Waals surface area contributed by atoms with Crippen LogP contribution >= 0.6 is 11.8 Å². The number of halogens is 1. The molecule has 6 heteroatoms. The van der Waals surface area contributed by atoms with Crippen LogP contribution in [0.1, 0.15) is 29.6 Å². The lowest BCUT2D eigenvalue weighted by molar-refractivity contribution is -0.0769. The molecule has 0 aromatic heterocycles. The first kappa shape index (κ1) is 14.8. The first-order valence-electron chi connectivity index (χ1n) is 6.99. The van der Waals surface area contributed by atoms with Crippen LogP contribution in [0, 0.1) is 5.82 Å². The highest BCUT2D eigenvalue weighted by Gasteiger charge is 2.41. The van der Waals surface area contributed by atoms with E-state index in [4.69, 9.17) is 14.6 Å². The normalized spacial score (nSPS) is 28.9. The molecule has 1 aromatic rings. The molecule has 1 aromatic carbocycles. The van der Waals surface area contributed by atoms with Gasteiger partial charge in [0.2, 0.25) is 0 Å². The molecule has 0 aliphatic carbocycles. The molecule has 0 bridgehead atoms. The van der Waals surface area contributed by atoms with Gasteiger partial charge in [0, 0.05) is 29.8 Å². The quantitative estimate of drug-likeness (QED) is 0.930. The number of hydrogen-bond donors (Lipinski definition) is 1. The van der Waals surface area contributed by atoms with Crippen molar-refractivity contribution < 1.29 is 23.8 Å². The summed E-state index contributed by atoms with van der Waals surface area (Å²) in [5.74, 6) is -1.93. The van der Waals surface area contributed by atoms with E-state index >= 15 is 0 Å². The highest BCUT2D eigenvalue weighted by Crippen LogP contribution is 2.40. The summed E-state index contributed by atoms with van der Waals surface area (Å²) in [4.78, 5) is 11.8. The molecule has 2 saturated heterocycles. The summed E-state index contributed by atoms with van der Waals surface area (Å²) < 4.78 is 24.7. The third-order valence-corrected chi connectivity index (χ3v) is 5.25. The minimum absolute atomic E-state index is 0.175. The molecule has 4 nitrogen and oxygen atoms in total. The summed E-state index contributed by atoms with van der Waals surface area (Å²) in [5.41, 5.74) is -0.447. The summed E-state index contributed by atoms with van der Waals surface area (Å²) >= 11 is 1.60. The average Bonchev–Trinajstić information content (AvgIpc) is 2.88. The molecule has 0 saturated carbocycles. The van der Waals surface area contributed by atoms with Crippen LogP contribution in [0.3, 0.4) is 0 Å². The summed E-state index contributed by atoms with van der Waals surface area (Å²) in [6.07, 6.45) is 2.71. The van der Waals surface area contributed by atoms with Gasteiger partial charge in [-0.05, 0) is 31.0 Å². The van der Waals surface area contributed by atoms with E-state index in [0.29, 0.717) is 18.5 Å². The molecule has 2 heterocycles. The van der Waals surface area contributed by atoms with E-state index in [-0.39, 0.29) is 11.2 Å². The van der Waals surface area contributed by atoms with Gasteiger partial charge in [-0.3, -0.25) is 0 Å². The Morgan fingerprint density at radius 1 is 1.43 bits per heavy atom. The molecule has 3 rings (SSSR count). The zero-order valence-corrected chi connectivity index (χ0v) is 12.3. The molecule has 21 heavy (non-hydrogen) atoms. The van der Waals surface area contributed by atoms with E-state index in [1.54, 1.807) is 17.8 Å². The van der Waals surface area contributed by atoms with Crippen molar-refractivity contribution in [1.82, 2.24) is 0 Å². The van der Waals surface area contributed by atoms with E-state index < -0.39 is 11.8 Å². The lowest BCUT2D eigenvalue weighted by Gasteiger charge is -2.36. The fourth-order valence-electron chi connectivity index (χ4n) is 2.88. The Morgan fingerprint density at radius 3 is 3.00 bits per heavy atom. The zero-order valence-electron chi connectivity index (χ0n) is 11.5. The van der Waals surface area contributed by atoms with Gasteiger partial charge >= 0.3 is 5.97 Å². The predicted octanol–water partition coefficient (Wildman–Crippen LogP) is 2.95. The maximum Gasteiger partial charge on any atom is 0.338 e. The van der Waals surface area contributed by atoms with Gasteiger partial charge in [0.15, 0.2) is 0 Å². The summed E-state index contributed by atoms with van der Waals surface area (Å²) in [6, 6.07) is 4.27. The molecular formula is C15H17FO4S. The SMILES string of the molecule is O=C(O)c1cc(SC2CCOC3(CCOC3)C2)ccc1F. The van der Waals surface area contributed by atoms with Crippen molar-refractivity contribution in [2.75, 3.05) is 19.8 Å². The number of carboxylic acid groups (broad SMARTS) is 1. The lowest BCUT2D eigenvalue weighted by atomic mass is 9.93. The van der Waals surface area contributed by atoms with Crippen LogP contribution in [-0.4, -0.2) is 41.7 Å². The maximum absolute atomic E-state index is 13.4. The Bertz CT molecular complexity index is 542. The zero-order chi connectivity index (χ0) is 14.9. The van der Waals surface area contributed by atoms with Crippen molar-refractivity contribution in [3.8, 4) is 0 Å². The molecule has 2 atom stereocenters. The Hall–Kier alpha value is -1.11. The van der Waals surface area contributed by atoms with Crippen molar-refractivity contribution in [2.45, 2.75) is 35.0 Å². The topological polar surface area (TPSA) is 55.8 Å². The van der Waals surface area contributed by atoms with E-state index in [1.807, 2.05) is 0 Å². The van der Waals surface area contributed by atoms with Crippen molar-refractivity contribution in [3.63, 3.8) is 0 Å². The molecule has 1 spiro atoms. The van der Waals surface area contributed by atoms with Crippen LogP contribution in [-0.2, 0) is 9.47 Å². The second-order valence-electron chi connectivity index (χ2n) is 5.51. The number of carboxylic acids is 1. The number of hydrogen-bond acceptors (Lipinski definition) is 4. The molecule has 2 fully saturated rings. The summed E-state index contributed by atoms with van der Waals surface area (Å²) in [7, 11) is 0. The second-order valence-corrected chi connectivity index (χ2v) is 6.89. The Kier molecular flexibility index (Phi) is 4.19. The van der Waals surface area contributed by atoms with Gasteiger partial charge in [0.05, 0.1) is 17.8 Å². The predicted molar refractivity (Wildman–Crippen MR) is 76.4 cm³/mol. The van der Waals surface area contributed by atoms with E-state index in [2.05, 4.69) is 0 Å². The number of rotatable bonds is 3. The van der Waals surface area contributed by atoms with Crippen molar-refractivity contribution >= 4 is 17.7 Å². The third-order valence-electron chi connectivity index (χ3n) is 3.99. The van der Waals surface area contributed by atoms with Gasteiger partial charge in [0.1, 0.15) is 5.82 Å². The monoisotopic (exact) mass is 312 g/mol. The van der Waals surface area contributed by atoms with Crippen LogP contribution in [0.15, 0.2) is 23.1 Å². The van der Waals surface area contributed by atoms with E-state index in [0.717, 1.165) is 30.8 Å². The van der Waals surface area contributed by atoms with Gasteiger partial charge in [-0.1, -0.05) is 0 Å². The fraction of sp³-hybridized carbons (Fsp3) is 0.533. The largest absolute Gasteiger partial charge is 0.478 e. The van der Waals surface area contributed by atoms with Crippen LogP contribution in [0.5, 0.6) is 0 Å². The van der Waals surface area contributed by atoms with Gasteiger partial charge in [0.25, 0.3) is 0 Å². The first-order valence-corrected chi connectivity index (χ1v) is 7.87. The molecule has 114 valence electrons. The van der Waals surface area contributed by atoms with Crippen molar-refractivity contribution in [2.24, 2.45) is 0 Å². The Balaban J connectivity index is 1.71. The first-order chi connectivity index (χ1) is 10.1. The minimum atomic E-state index is -1.23. The third kappa shape index (κ3) is 3.22. The number of aromatic carboxylic acids is 1. The van der Waals surface area contributed by atoms with Crippen molar-refractivity contribution in [1.29, 1.82) is 0 Å². The second kappa shape index (κ2) is 5.94. The van der Waals surface area contributed by atoms with Gasteiger partial charge < -0.3 is 14.6 Å². The Labute approximate surface area is 126 Å². The van der Waals surface area contributed by atoms with Gasteiger partial charge in [-0.2, -0.15) is 0 Å². The fourth-order valence-corrected chi connectivity index (χ4v) is 4.20. The number of ether oxygens (including phenoxy) is 2. The standard InChI is InChI=1S/C15H17FO4S/c16-13-2-1-10(7-12(13)14(17)18)21-11-3-5-20-15(8-11)4-6-19-9-15/h1-2,7,11H,3-6,8-9H2,(H,17,18). The van der Waals surface area contributed by atoms with Gasteiger partial charge in [-0.15, -0.1) is 11.8 Å². The number of thioether (sulfide) groups is 1. The average molecular weight is 312 g/mol. The smallest absolute Gasteiger partial charge is 0.338 e. The van der Waals surface area contributed by atoms with Crippen LogP contribution in [0.2, 0.25) is 0 Å². The Morgan fingerprint density at radius 2 is 2.29 bits per heavy atom. The molecular weight excluding hydrogens is 295 g/mol. The summed E-state index contributed by atoms with van der Waals surface area (Å²) in [5, 5.41) is 9.32. The van der Waals surface area contributed by atoms with E-state index in [1.165, 1.54) is 12.1 Å². The number of carbonyl (C=O) groups is 1. The minimum Gasteiger partial charge on any atom is -0.478 e. The molecule has 1 N–H and O–H groups in total.